The Kier molecular flexibility index (Phi) is 5.64. The van der Waals surface area contributed by atoms with E-state index in [0.717, 1.165) is 8.27 Å². The molecule has 0 N–H and O–H groups in total. The Morgan fingerprint density at radius 1 is 1.50 bits per heavy atom. The molecule has 36 valence electrons. The maximum absolute atomic E-state index is 3.62. The van der Waals surface area contributed by atoms with E-state index < -0.39 is 0 Å². The Hall–Kier alpha value is 0.340. The SMILES string of the molecule is C=CP[PH3]C=C. The predicted molar refractivity (Wildman–Crippen MR) is 39.8 cm³/mol. The van der Waals surface area contributed by atoms with Crippen molar-refractivity contribution < 1.29 is 0 Å². The Morgan fingerprint density at radius 2 is 2.17 bits per heavy atom. The molecule has 2 heteroatoms. The standard InChI is InChI=1S/C4H10P2/c1-3-5-6-4-2/h3-5H,1-2H2,6H3. The van der Waals surface area contributed by atoms with E-state index in [-0.39, 0.29) is 8.27 Å². The Morgan fingerprint density at radius 3 is 2.33 bits per heavy atom. The van der Waals surface area contributed by atoms with Crippen molar-refractivity contribution in [1.82, 2.24) is 0 Å². The average molecular weight is 120 g/mol. The van der Waals surface area contributed by atoms with Crippen LogP contribution in [-0.4, -0.2) is 0 Å². The molecule has 0 saturated carbocycles. The van der Waals surface area contributed by atoms with Crippen LogP contribution >= 0.6 is 16.5 Å². The van der Waals surface area contributed by atoms with Crippen LogP contribution in [0.3, 0.4) is 0 Å². The van der Waals surface area contributed by atoms with Gasteiger partial charge in [0.1, 0.15) is 0 Å². The van der Waals surface area contributed by atoms with E-state index in [1.54, 1.807) is 0 Å². The first kappa shape index (κ1) is 6.34. The second-order valence-electron chi connectivity index (χ2n) is 0.901. The van der Waals surface area contributed by atoms with Gasteiger partial charge in [-0.2, -0.15) is 0 Å². The fourth-order valence-electron chi connectivity index (χ4n) is 0.167. The van der Waals surface area contributed by atoms with E-state index in [4.69, 9.17) is 0 Å². The second kappa shape index (κ2) is 5.34. The summed E-state index contributed by atoms with van der Waals surface area (Å²) >= 11 is 0. The van der Waals surface area contributed by atoms with Gasteiger partial charge in [-0.15, -0.1) is 0 Å². The minimum absolute atomic E-state index is 0.0953. The molecule has 0 saturated heterocycles. The molecular formula is C4H10P2. The van der Waals surface area contributed by atoms with Crippen LogP contribution in [0, 0.1) is 0 Å². The summed E-state index contributed by atoms with van der Waals surface area (Å²) in [5.41, 5.74) is 0. The first-order valence-electron chi connectivity index (χ1n) is 1.87. The van der Waals surface area contributed by atoms with Crippen LogP contribution in [0.4, 0.5) is 0 Å². The molecule has 0 fully saturated rings. The summed E-state index contributed by atoms with van der Waals surface area (Å²) in [6.07, 6.45) is 0. The molecule has 0 aliphatic carbocycles. The number of rotatable bonds is 3. The molecule has 0 aromatic carbocycles. The zero-order chi connectivity index (χ0) is 4.83. The van der Waals surface area contributed by atoms with Gasteiger partial charge >= 0.3 is 41.3 Å². The Balaban J connectivity index is 2.66. The zero-order valence-electron chi connectivity index (χ0n) is 3.78. The average Bonchev–Trinajstić information content (AvgIpc) is 1.61. The van der Waals surface area contributed by atoms with Crippen molar-refractivity contribution in [1.29, 1.82) is 0 Å². The molecule has 0 amide bonds. The molecule has 0 rings (SSSR count). The van der Waals surface area contributed by atoms with E-state index in [1.807, 2.05) is 11.6 Å². The molecule has 0 bridgehead atoms. The van der Waals surface area contributed by atoms with Gasteiger partial charge < -0.3 is 0 Å². The summed E-state index contributed by atoms with van der Waals surface area (Å²) in [5, 5.41) is 0. The molecular weight excluding hydrogens is 110 g/mol. The van der Waals surface area contributed by atoms with Crippen molar-refractivity contribution in [2.24, 2.45) is 0 Å². The normalized spacial score (nSPS) is 10.0. The zero-order valence-corrected chi connectivity index (χ0v) is 6.19. The van der Waals surface area contributed by atoms with E-state index in [1.165, 1.54) is 0 Å². The minimum atomic E-state index is 0.0953. The molecule has 1 unspecified atom stereocenters. The third-order valence-corrected chi connectivity index (χ3v) is 3.66. The van der Waals surface area contributed by atoms with Crippen molar-refractivity contribution in [3.8, 4) is 0 Å². The van der Waals surface area contributed by atoms with E-state index in [9.17, 15) is 0 Å². The summed E-state index contributed by atoms with van der Waals surface area (Å²) in [7, 11) is 1.09. The molecule has 6 heavy (non-hydrogen) atoms. The molecule has 0 aliphatic heterocycles. The van der Waals surface area contributed by atoms with Gasteiger partial charge in [0.05, 0.1) is 0 Å². The quantitative estimate of drug-likeness (QED) is 0.394. The maximum atomic E-state index is 3.62. The fraction of sp³-hybridized carbons (Fsp3) is 0. The van der Waals surface area contributed by atoms with Crippen molar-refractivity contribution in [2.75, 3.05) is 0 Å². The van der Waals surface area contributed by atoms with Crippen molar-refractivity contribution in [3.05, 3.63) is 24.8 Å². The Bertz CT molecular complexity index is 41.5. The topological polar surface area (TPSA) is 0 Å². The fourth-order valence-corrected chi connectivity index (χ4v) is 1.50. The predicted octanol–water partition coefficient (Wildman–Crippen LogP) is 2.01. The van der Waals surface area contributed by atoms with Gasteiger partial charge in [0.25, 0.3) is 0 Å². The van der Waals surface area contributed by atoms with Crippen molar-refractivity contribution >= 4 is 16.5 Å². The van der Waals surface area contributed by atoms with E-state index in [2.05, 4.69) is 13.2 Å². The molecule has 0 aliphatic rings. The summed E-state index contributed by atoms with van der Waals surface area (Å²) < 4.78 is 0. The number of hydrogen-bond donors (Lipinski definition) is 0. The second-order valence-corrected chi connectivity index (χ2v) is 5.15. The Labute approximate surface area is 42.2 Å². The van der Waals surface area contributed by atoms with Gasteiger partial charge in [-0.1, -0.05) is 0 Å². The number of hydrogen-bond acceptors (Lipinski definition) is 0. The molecule has 0 nitrogen and oxygen atoms in total. The summed E-state index contributed by atoms with van der Waals surface area (Å²) in [6.45, 7) is 7.22. The first-order chi connectivity index (χ1) is 2.91. The van der Waals surface area contributed by atoms with Gasteiger partial charge in [0.15, 0.2) is 0 Å². The van der Waals surface area contributed by atoms with Crippen molar-refractivity contribution in [2.45, 2.75) is 0 Å². The van der Waals surface area contributed by atoms with Crippen LogP contribution < -0.4 is 0 Å². The van der Waals surface area contributed by atoms with E-state index in [0.29, 0.717) is 0 Å². The van der Waals surface area contributed by atoms with Gasteiger partial charge in [0.2, 0.25) is 0 Å². The molecule has 0 spiro atoms. The van der Waals surface area contributed by atoms with Gasteiger partial charge in [-0.05, 0) is 0 Å². The molecule has 0 aromatic heterocycles. The van der Waals surface area contributed by atoms with Crippen LogP contribution in [0.1, 0.15) is 0 Å². The van der Waals surface area contributed by atoms with Crippen LogP contribution in [0.15, 0.2) is 24.8 Å². The summed E-state index contributed by atoms with van der Waals surface area (Å²) in [4.78, 5) is 0. The van der Waals surface area contributed by atoms with E-state index >= 15 is 0 Å². The molecule has 0 aromatic rings. The third-order valence-electron chi connectivity index (χ3n) is 0.407. The van der Waals surface area contributed by atoms with Crippen molar-refractivity contribution in [3.63, 3.8) is 0 Å². The van der Waals surface area contributed by atoms with Crippen LogP contribution in [0.2, 0.25) is 0 Å². The summed E-state index contributed by atoms with van der Waals surface area (Å²) in [6, 6.07) is 0. The van der Waals surface area contributed by atoms with Gasteiger partial charge in [-0.3, -0.25) is 0 Å². The third kappa shape index (κ3) is 4.34. The first-order valence-corrected chi connectivity index (χ1v) is 6.09. The molecule has 1 atom stereocenters. The van der Waals surface area contributed by atoms with Crippen LogP contribution in [0.25, 0.3) is 0 Å². The summed E-state index contributed by atoms with van der Waals surface area (Å²) in [5.74, 6) is 4.02. The van der Waals surface area contributed by atoms with Gasteiger partial charge in [0, 0.05) is 0 Å². The van der Waals surface area contributed by atoms with Gasteiger partial charge in [-0.25, -0.2) is 0 Å². The van der Waals surface area contributed by atoms with Crippen LogP contribution in [-0.2, 0) is 0 Å². The molecule has 0 heterocycles. The monoisotopic (exact) mass is 120 g/mol. The molecule has 0 radical (unpaired) electrons. The van der Waals surface area contributed by atoms with Crippen LogP contribution in [0.5, 0.6) is 0 Å².